The van der Waals surface area contributed by atoms with E-state index < -0.39 is 0 Å². The Morgan fingerprint density at radius 1 is 1.44 bits per heavy atom. The number of hydrogen-bond acceptors (Lipinski definition) is 2. The maximum atomic E-state index is 11.9. The number of aromatic nitrogens is 3. The van der Waals surface area contributed by atoms with Crippen molar-refractivity contribution >= 4 is 0 Å². The molecule has 0 atom stereocenters. The van der Waals surface area contributed by atoms with Gasteiger partial charge in [-0.2, -0.15) is 5.10 Å². The second-order valence-electron chi connectivity index (χ2n) is 4.47. The molecule has 5 heteroatoms. The van der Waals surface area contributed by atoms with Gasteiger partial charge in [0.15, 0.2) is 5.56 Å². The van der Waals surface area contributed by atoms with E-state index in [-0.39, 0.29) is 38.3 Å². The van der Waals surface area contributed by atoms with Crippen LogP contribution < -0.4 is 5.56 Å². The summed E-state index contributed by atoms with van der Waals surface area (Å²) < 4.78 is 3.35. The maximum absolute atomic E-state index is 11.9. The minimum Gasteiger partial charge on any atom is -0.343 e. The van der Waals surface area contributed by atoms with Crippen LogP contribution in [0.25, 0.3) is 0 Å². The van der Waals surface area contributed by atoms with E-state index in [1.54, 1.807) is 21.5 Å². The number of pyridine rings is 1. The molecule has 0 saturated heterocycles. The molecule has 0 bridgehead atoms. The van der Waals surface area contributed by atoms with Gasteiger partial charge in [0.25, 0.3) is 0 Å². The summed E-state index contributed by atoms with van der Waals surface area (Å²) in [6, 6.07) is 6.68. The number of rotatable bonds is 3. The van der Waals surface area contributed by atoms with Crippen molar-refractivity contribution in [1.29, 1.82) is 0 Å². The summed E-state index contributed by atoms with van der Waals surface area (Å²) in [5, 5.41) is 4.25. The molecule has 0 unspecified atom stereocenters. The fourth-order valence-corrected chi connectivity index (χ4v) is 1.65. The molecule has 2 aromatic heterocycles. The van der Waals surface area contributed by atoms with Crippen molar-refractivity contribution in [1.82, 2.24) is 14.3 Å². The van der Waals surface area contributed by atoms with Crippen LogP contribution in [-0.2, 0) is 46.3 Å². The molecule has 2 heterocycles. The SMILES string of the molecule is CC(C)c1[c-]cn(Cc2ccn(C)n2)c(=O)c1.[Y]. The molecular weight excluding hydrogens is 303 g/mol. The van der Waals surface area contributed by atoms with E-state index in [1.165, 1.54) is 0 Å². The van der Waals surface area contributed by atoms with E-state index in [2.05, 4.69) is 11.2 Å². The van der Waals surface area contributed by atoms with Gasteiger partial charge in [-0.15, -0.1) is 6.07 Å². The molecule has 0 fully saturated rings. The van der Waals surface area contributed by atoms with Crippen molar-refractivity contribution < 1.29 is 32.7 Å². The van der Waals surface area contributed by atoms with Gasteiger partial charge < -0.3 is 4.57 Å². The zero-order valence-corrected chi connectivity index (χ0v) is 13.8. The largest absolute Gasteiger partial charge is 0.343 e. The zero-order valence-electron chi connectivity index (χ0n) is 10.9. The van der Waals surface area contributed by atoms with Gasteiger partial charge in [-0.3, -0.25) is 9.48 Å². The molecule has 0 aliphatic carbocycles. The first kappa shape index (κ1) is 15.3. The summed E-state index contributed by atoms with van der Waals surface area (Å²) in [5.41, 5.74) is 1.82. The predicted octanol–water partition coefficient (Wildman–Crippen LogP) is 1.55. The van der Waals surface area contributed by atoms with Crippen molar-refractivity contribution in [3.05, 3.63) is 52.2 Å². The van der Waals surface area contributed by atoms with Crippen LogP contribution in [0, 0.1) is 6.07 Å². The molecule has 2 rings (SSSR count). The van der Waals surface area contributed by atoms with Crippen molar-refractivity contribution in [2.75, 3.05) is 0 Å². The van der Waals surface area contributed by atoms with Crippen LogP contribution in [-0.4, -0.2) is 14.3 Å². The maximum Gasteiger partial charge on any atom is 0.168 e. The fraction of sp³-hybridized carbons (Fsp3) is 0.385. The van der Waals surface area contributed by atoms with E-state index >= 15 is 0 Å². The van der Waals surface area contributed by atoms with Crippen LogP contribution in [0.15, 0.2) is 29.3 Å². The Morgan fingerprint density at radius 3 is 2.67 bits per heavy atom. The van der Waals surface area contributed by atoms with Gasteiger partial charge in [0.1, 0.15) is 0 Å². The topological polar surface area (TPSA) is 39.8 Å². The molecule has 0 N–H and O–H groups in total. The molecular formula is C13H16N3OY-. The van der Waals surface area contributed by atoms with Crippen molar-refractivity contribution in [2.45, 2.75) is 26.3 Å². The Hall–Kier alpha value is -0.736. The molecule has 0 saturated carbocycles. The fourth-order valence-electron chi connectivity index (χ4n) is 1.65. The standard InChI is InChI=1S/C13H16N3O.Y/c1-10(2)11-4-7-16(13(17)8-11)9-12-5-6-15(3)14-12;/h5-8,10H,9H2,1-3H3;/q-1;. The summed E-state index contributed by atoms with van der Waals surface area (Å²) in [6.45, 7) is 4.59. The van der Waals surface area contributed by atoms with Gasteiger partial charge in [-0.25, -0.2) is 11.6 Å². The second-order valence-corrected chi connectivity index (χ2v) is 4.47. The Kier molecular flexibility index (Phi) is 5.48. The minimum absolute atomic E-state index is 0. The summed E-state index contributed by atoms with van der Waals surface area (Å²) in [5.74, 6) is 0.326. The van der Waals surface area contributed by atoms with Crippen LogP contribution in [0.3, 0.4) is 0 Å². The van der Waals surface area contributed by atoms with Crippen molar-refractivity contribution in [3.8, 4) is 0 Å². The summed E-state index contributed by atoms with van der Waals surface area (Å²) >= 11 is 0. The van der Waals surface area contributed by atoms with E-state index in [0.29, 0.717) is 12.5 Å². The Labute approximate surface area is 132 Å². The van der Waals surface area contributed by atoms with Crippen LogP contribution in [0.1, 0.15) is 31.0 Å². The number of nitrogens with zero attached hydrogens (tertiary/aromatic N) is 3. The first-order valence-corrected chi connectivity index (χ1v) is 5.67. The van der Waals surface area contributed by atoms with Crippen molar-refractivity contribution in [2.24, 2.45) is 7.05 Å². The molecule has 93 valence electrons. The molecule has 18 heavy (non-hydrogen) atoms. The molecule has 2 aromatic rings. The van der Waals surface area contributed by atoms with Gasteiger partial charge in [-0.05, 0) is 6.07 Å². The van der Waals surface area contributed by atoms with Crippen LogP contribution in [0.5, 0.6) is 0 Å². The second kappa shape index (κ2) is 6.44. The van der Waals surface area contributed by atoms with E-state index in [9.17, 15) is 4.79 Å². The number of hydrogen-bond donors (Lipinski definition) is 0. The monoisotopic (exact) mass is 319 g/mol. The van der Waals surface area contributed by atoms with Gasteiger partial charge in [-0.1, -0.05) is 26.0 Å². The Bertz CT molecular complexity index is 572. The first-order chi connectivity index (χ1) is 8.06. The smallest absolute Gasteiger partial charge is 0.168 e. The van der Waals surface area contributed by atoms with Crippen molar-refractivity contribution in [3.63, 3.8) is 0 Å². The number of aryl methyl sites for hydroxylation is 1. The third-order valence-corrected chi connectivity index (χ3v) is 2.67. The molecule has 0 spiro atoms. The van der Waals surface area contributed by atoms with Crippen LogP contribution >= 0.6 is 0 Å². The predicted molar refractivity (Wildman–Crippen MR) is 65.9 cm³/mol. The van der Waals surface area contributed by atoms with E-state index in [1.807, 2.05) is 33.2 Å². The van der Waals surface area contributed by atoms with Gasteiger partial charge >= 0.3 is 0 Å². The Morgan fingerprint density at radius 2 is 2.17 bits per heavy atom. The third kappa shape index (κ3) is 3.63. The first-order valence-electron chi connectivity index (χ1n) is 5.67. The minimum atomic E-state index is -0.00176. The zero-order chi connectivity index (χ0) is 12.4. The van der Waals surface area contributed by atoms with Gasteiger partial charge in [0.2, 0.25) is 0 Å². The molecule has 0 aliphatic rings. The molecule has 0 aromatic carbocycles. The Balaban J connectivity index is 0.00000162. The summed E-state index contributed by atoms with van der Waals surface area (Å²) in [7, 11) is 1.86. The van der Waals surface area contributed by atoms with E-state index in [4.69, 9.17) is 0 Å². The molecule has 0 aliphatic heterocycles. The van der Waals surface area contributed by atoms with Gasteiger partial charge in [0, 0.05) is 46.0 Å². The average molecular weight is 319 g/mol. The van der Waals surface area contributed by atoms with Crippen LogP contribution in [0.2, 0.25) is 0 Å². The van der Waals surface area contributed by atoms with Gasteiger partial charge in [0.05, 0.1) is 12.2 Å². The summed E-state index contributed by atoms with van der Waals surface area (Å²) in [6.07, 6.45) is 3.58. The average Bonchev–Trinajstić information content (AvgIpc) is 2.67. The quantitative estimate of drug-likeness (QED) is 0.806. The molecule has 1 radical (unpaired) electrons. The molecule has 0 amide bonds. The normalized spacial score (nSPS) is 10.4. The van der Waals surface area contributed by atoms with E-state index in [0.717, 1.165) is 11.3 Å². The summed E-state index contributed by atoms with van der Waals surface area (Å²) in [4.78, 5) is 11.9. The van der Waals surface area contributed by atoms with Crippen LogP contribution in [0.4, 0.5) is 0 Å². The molecule has 4 nitrogen and oxygen atoms in total. The third-order valence-electron chi connectivity index (χ3n) is 2.67.